The van der Waals surface area contributed by atoms with E-state index in [-0.39, 0.29) is 48.3 Å². The number of anilines is 1. The van der Waals surface area contributed by atoms with Crippen LogP contribution in [0.3, 0.4) is 0 Å². The van der Waals surface area contributed by atoms with Crippen LogP contribution in [0.4, 0.5) is 9.93 Å². The van der Waals surface area contributed by atoms with Crippen LogP contribution in [0, 0.1) is 0 Å². The van der Waals surface area contributed by atoms with Crippen LogP contribution in [0.25, 0.3) is 0 Å². The quantitative estimate of drug-likeness (QED) is 0.0353. The number of hydrogen-bond donors (Lipinski definition) is 4. The fraction of sp³-hybridized carbons (Fsp3) is 0.341. The molecule has 4 heterocycles. The number of halogens is 1. The van der Waals surface area contributed by atoms with Crippen molar-refractivity contribution in [3.63, 3.8) is 0 Å². The van der Waals surface area contributed by atoms with E-state index in [2.05, 4.69) is 41.6 Å². The molecule has 0 unspecified atom stereocenters. The van der Waals surface area contributed by atoms with Crippen LogP contribution in [-0.2, 0) is 55.4 Å². The molecule has 1 aliphatic heterocycles. The average molecular weight is 857 g/mol. The Morgan fingerprint density at radius 1 is 1.03 bits per heavy atom. The number of aryl methyl sites for hydroxylation is 1. The van der Waals surface area contributed by atoms with Gasteiger partial charge in [0.25, 0.3) is 5.91 Å². The lowest BCUT2D eigenvalue weighted by atomic mass is 9.98. The van der Waals surface area contributed by atoms with Crippen molar-refractivity contribution in [1.29, 1.82) is 0 Å². The van der Waals surface area contributed by atoms with E-state index in [0.717, 1.165) is 28.0 Å². The van der Waals surface area contributed by atoms with E-state index in [1.165, 1.54) is 10.2 Å². The SMILES string of the molecule is C[n+]1cccc(CNCc2cnn(C[C@H]3NC(=O)[C@H]3NC(=O)C(=NOC3(C(=O)OC(c4ccccc4)c4ccccc4)CC3)c3csc(NC(=O)OC(C)(C)C)n3)n2)c1.[Cl-]. The van der Waals surface area contributed by atoms with Gasteiger partial charge in [-0.15, -0.1) is 11.3 Å². The monoisotopic (exact) mass is 856 g/mol. The maximum atomic E-state index is 14.0. The minimum Gasteiger partial charge on any atom is -1.00 e. The second-order valence-corrected chi connectivity index (χ2v) is 16.1. The summed E-state index contributed by atoms with van der Waals surface area (Å²) in [6.45, 7) is 6.47. The van der Waals surface area contributed by atoms with Crippen molar-refractivity contribution < 1.29 is 50.5 Å². The number of pyridine rings is 1. The van der Waals surface area contributed by atoms with Crippen LogP contribution in [0.2, 0.25) is 0 Å². The molecule has 3 amide bonds. The number of thiazole rings is 1. The minimum atomic E-state index is -1.46. The van der Waals surface area contributed by atoms with Crippen molar-refractivity contribution in [2.75, 3.05) is 5.32 Å². The minimum absolute atomic E-state index is 0. The van der Waals surface area contributed by atoms with Crippen LogP contribution < -0.4 is 38.2 Å². The summed E-state index contributed by atoms with van der Waals surface area (Å²) in [7, 11) is 1.96. The number of carbonyl (C=O) groups is 4. The number of nitrogens with zero attached hydrogens (tertiary/aromatic N) is 6. The van der Waals surface area contributed by atoms with Crippen LogP contribution in [-0.4, -0.2) is 72.9 Å². The maximum absolute atomic E-state index is 14.0. The number of carbonyl (C=O) groups excluding carboxylic acids is 4. The largest absolute Gasteiger partial charge is 1.00 e. The van der Waals surface area contributed by atoms with Crippen molar-refractivity contribution in [3.05, 3.63) is 125 Å². The van der Waals surface area contributed by atoms with E-state index in [1.54, 1.807) is 27.0 Å². The molecular formula is C41H45ClN10O7S. The summed E-state index contributed by atoms with van der Waals surface area (Å²) < 4.78 is 13.4. The lowest BCUT2D eigenvalue weighted by Gasteiger charge is -2.36. The van der Waals surface area contributed by atoms with E-state index >= 15 is 0 Å². The average Bonchev–Trinajstić information content (AvgIpc) is 3.64. The summed E-state index contributed by atoms with van der Waals surface area (Å²) >= 11 is 1.02. The van der Waals surface area contributed by atoms with Gasteiger partial charge in [-0.1, -0.05) is 65.8 Å². The predicted octanol–water partition coefficient (Wildman–Crippen LogP) is 0.469. The highest BCUT2D eigenvalue weighted by Crippen LogP contribution is 2.43. The van der Waals surface area contributed by atoms with Gasteiger partial charge in [0, 0.05) is 42.9 Å². The van der Waals surface area contributed by atoms with Crippen LogP contribution in [0.1, 0.15) is 67.8 Å². The molecule has 2 aromatic carbocycles. The normalized spacial score (nSPS) is 16.8. The van der Waals surface area contributed by atoms with Crippen LogP contribution in [0.15, 0.2) is 102 Å². The number of aromatic nitrogens is 5. The number of benzene rings is 2. The van der Waals surface area contributed by atoms with E-state index in [9.17, 15) is 19.2 Å². The molecule has 2 atom stereocenters. The summed E-state index contributed by atoms with van der Waals surface area (Å²) in [6, 6.07) is 21.1. The van der Waals surface area contributed by atoms with Crippen LogP contribution in [0.5, 0.6) is 0 Å². The molecule has 0 radical (unpaired) electrons. The van der Waals surface area contributed by atoms with Gasteiger partial charge in [0.15, 0.2) is 29.3 Å². The first-order valence-corrected chi connectivity index (χ1v) is 19.9. The fourth-order valence-corrected chi connectivity index (χ4v) is 6.83. The lowest BCUT2D eigenvalue weighted by molar-refractivity contribution is -0.671. The van der Waals surface area contributed by atoms with Gasteiger partial charge in [-0.2, -0.15) is 15.0 Å². The van der Waals surface area contributed by atoms with Gasteiger partial charge >= 0.3 is 12.1 Å². The third-order valence-corrected chi connectivity index (χ3v) is 10.0. The van der Waals surface area contributed by atoms with Gasteiger partial charge in [-0.3, -0.25) is 14.9 Å². The molecule has 2 aliphatic rings. The standard InChI is InChI=1S/C41H44N10O7S.ClH/c1-40(2,3)57-39(55)47-38-45-31(25-59-38)33(49-58-41(17-18-41)37(54)56-34(27-13-7-5-8-14-27)28-15-9-6-10-16-28)36(53)46-32-30(44-35(32)52)24-51-43-22-29(48-51)21-42-20-26-12-11-19-50(4)23-26;/h5-16,19,22-23,25,30,32,34,42H,17-18,20-21,24H2,1-4H3,(H2-,44,45,46,47,52,53,55);1H/t30-,32+;/m1./s1. The second kappa shape index (κ2) is 18.8. The molecule has 17 nitrogen and oxygen atoms in total. The fourth-order valence-electron chi connectivity index (χ4n) is 6.15. The summed E-state index contributed by atoms with van der Waals surface area (Å²) in [4.78, 5) is 64.9. The molecule has 4 N–H and O–H groups in total. The molecule has 0 spiro atoms. The highest BCUT2D eigenvalue weighted by Gasteiger charge is 2.56. The molecule has 1 aliphatic carbocycles. The highest BCUT2D eigenvalue weighted by atomic mass is 35.5. The molecule has 3 aromatic heterocycles. The van der Waals surface area contributed by atoms with E-state index in [4.69, 9.17) is 14.3 Å². The first-order chi connectivity index (χ1) is 28.3. The zero-order valence-corrected chi connectivity index (χ0v) is 34.9. The molecule has 60 heavy (non-hydrogen) atoms. The van der Waals surface area contributed by atoms with Gasteiger partial charge < -0.3 is 42.7 Å². The molecule has 19 heteroatoms. The number of nitrogens with one attached hydrogen (secondary N) is 4. The van der Waals surface area contributed by atoms with Crippen LogP contribution >= 0.6 is 11.3 Å². The zero-order valence-electron chi connectivity index (χ0n) is 33.3. The van der Waals surface area contributed by atoms with Gasteiger partial charge in [0.05, 0.1) is 24.5 Å². The lowest BCUT2D eigenvalue weighted by Crippen LogP contribution is -3.00. The molecule has 2 fully saturated rings. The van der Waals surface area contributed by atoms with Crippen molar-refractivity contribution in [1.82, 2.24) is 35.9 Å². The first kappa shape index (κ1) is 43.3. The first-order valence-electron chi connectivity index (χ1n) is 19.0. The number of hydrogen-bond acceptors (Lipinski definition) is 13. The van der Waals surface area contributed by atoms with Gasteiger partial charge in [-0.05, 0) is 38.0 Å². The molecule has 1 saturated heterocycles. The van der Waals surface area contributed by atoms with Crippen molar-refractivity contribution in [3.8, 4) is 0 Å². The molecule has 314 valence electrons. The molecule has 5 aromatic rings. The topological polar surface area (TPSA) is 204 Å². The molecule has 0 bridgehead atoms. The molecule has 7 rings (SSSR count). The smallest absolute Gasteiger partial charge is 0.413 e. The second-order valence-electron chi connectivity index (χ2n) is 15.2. The Kier molecular flexibility index (Phi) is 13.6. The summed E-state index contributed by atoms with van der Waals surface area (Å²) in [5.41, 5.74) is 0.833. The Morgan fingerprint density at radius 2 is 1.73 bits per heavy atom. The Balaban J connectivity index is 0.00000604. The molecule has 1 saturated carbocycles. The number of rotatable bonds is 16. The maximum Gasteiger partial charge on any atom is 0.413 e. The van der Waals surface area contributed by atoms with E-state index in [1.807, 2.05) is 96.8 Å². The van der Waals surface area contributed by atoms with E-state index < -0.39 is 53.3 Å². The molecular weight excluding hydrogens is 812 g/mol. The Morgan fingerprint density at radius 3 is 2.37 bits per heavy atom. The Hall–Kier alpha value is -6.24. The summed E-state index contributed by atoms with van der Waals surface area (Å²) in [6.07, 6.45) is 4.74. The number of esters is 1. The zero-order chi connectivity index (χ0) is 41.6. The summed E-state index contributed by atoms with van der Waals surface area (Å²) in [5, 5.41) is 26.1. The summed E-state index contributed by atoms with van der Waals surface area (Å²) in [5.74, 6) is -1.88. The van der Waals surface area contributed by atoms with Gasteiger partial charge in [0.2, 0.25) is 11.5 Å². The number of amides is 3. The van der Waals surface area contributed by atoms with Crippen molar-refractivity contribution in [2.45, 2.75) is 82.6 Å². The van der Waals surface area contributed by atoms with Gasteiger partial charge in [0.1, 0.15) is 24.4 Å². The highest BCUT2D eigenvalue weighted by molar-refractivity contribution is 7.14. The number of ether oxygens (including phenoxy) is 2. The third-order valence-electron chi connectivity index (χ3n) is 9.27. The Labute approximate surface area is 356 Å². The number of oxime groups is 1. The van der Waals surface area contributed by atoms with Crippen molar-refractivity contribution in [2.24, 2.45) is 12.2 Å². The number of β-lactam (4-membered cyclic amide) rings is 1. The van der Waals surface area contributed by atoms with Crippen molar-refractivity contribution >= 4 is 46.1 Å². The van der Waals surface area contributed by atoms with Gasteiger partial charge in [-0.25, -0.2) is 19.1 Å². The predicted molar refractivity (Wildman–Crippen MR) is 214 cm³/mol. The van der Waals surface area contributed by atoms with E-state index in [0.29, 0.717) is 18.8 Å². The Bertz CT molecular complexity index is 2290. The third kappa shape index (κ3) is 11.1.